The lowest BCUT2D eigenvalue weighted by Gasteiger charge is -2.22. The van der Waals surface area contributed by atoms with Crippen LogP contribution < -0.4 is 5.32 Å². The summed E-state index contributed by atoms with van der Waals surface area (Å²) in [6, 6.07) is 13.3. The average Bonchev–Trinajstić information content (AvgIpc) is 2.44. The first kappa shape index (κ1) is 16.7. The van der Waals surface area contributed by atoms with Crippen molar-refractivity contribution in [3.05, 3.63) is 67.6 Å². The molecule has 0 saturated heterocycles. The van der Waals surface area contributed by atoms with Crippen molar-refractivity contribution < 1.29 is 0 Å². The summed E-state index contributed by atoms with van der Waals surface area (Å²) < 4.78 is 2.22. The minimum absolute atomic E-state index is 0.215. The highest BCUT2D eigenvalue weighted by Crippen LogP contribution is 2.31. The number of halogens is 2. The van der Waals surface area contributed by atoms with E-state index in [0.717, 1.165) is 21.9 Å². The average molecular weight is 411 g/mol. The summed E-state index contributed by atoms with van der Waals surface area (Å²) >= 11 is 7.22. The minimum atomic E-state index is 0.215. The van der Waals surface area contributed by atoms with Crippen LogP contribution in [0.5, 0.6) is 0 Å². The molecule has 0 amide bonds. The van der Waals surface area contributed by atoms with Gasteiger partial charge in [0.2, 0.25) is 0 Å². The molecule has 0 saturated carbocycles. The predicted octanol–water partition coefficient (Wildman–Crippen LogP) is 5.92. The minimum Gasteiger partial charge on any atom is -0.306 e. The number of rotatable bonds is 5. The van der Waals surface area contributed by atoms with Crippen molar-refractivity contribution in [2.24, 2.45) is 0 Å². The number of hydrogen-bond acceptors (Lipinski definition) is 1. The van der Waals surface area contributed by atoms with Crippen molar-refractivity contribution in [3.8, 4) is 0 Å². The van der Waals surface area contributed by atoms with Crippen LogP contribution in [0.4, 0.5) is 0 Å². The van der Waals surface area contributed by atoms with Gasteiger partial charge < -0.3 is 5.32 Å². The van der Waals surface area contributed by atoms with Gasteiger partial charge in [-0.3, -0.25) is 0 Å². The summed E-state index contributed by atoms with van der Waals surface area (Å²) in [5.74, 6) is 0. The van der Waals surface area contributed by atoms with Crippen LogP contribution in [0.2, 0.25) is 0 Å². The molecule has 1 N–H and O–H groups in total. The van der Waals surface area contributed by atoms with Crippen LogP contribution in [-0.2, 0) is 0 Å². The Morgan fingerprint density at radius 1 is 1.00 bits per heavy atom. The third kappa shape index (κ3) is 4.18. The summed E-state index contributed by atoms with van der Waals surface area (Å²) in [6.45, 7) is 7.52. The zero-order valence-electron chi connectivity index (χ0n) is 12.7. The zero-order valence-corrected chi connectivity index (χ0v) is 15.9. The highest BCUT2D eigenvalue weighted by molar-refractivity contribution is 9.11. The molecule has 2 aromatic rings. The lowest BCUT2D eigenvalue weighted by Crippen LogP contribution is -2.23. The Bertz CT molecular complexity index is 623. The molecule has 1 nitrogen and oxygen atoms in total. The fourth-order valence-corrected chi connectivity index (χ4v) is 3.65. The van der Waals surface area contributed by atoms with Crippen LogP contribution in [0.25, 0.3) is 0 Å². The predicted molar refractivity (Wildman–Crippen MR) is 97.9 cm³/mol. The smallest absolute Gasteiger partial charge is 0.0587 e. The Hall–Kier alpha value is -0.640. The third-order valence-corrected chi connectivity index (χ3v) is 4.92. The van der Waals surface area contributed by atoms with E-state index in [1.807, 2.05) is 0 Å². The van der Waals surface area contributed by atoms with Gasteiger partial charge in [0.05, 0.1) is 6.04 Å². The monoisotopic (exact) mass is 409 g/mol. The molecule has 112 valence electrons. The van der Waals surface area contributed by atoms with Crippen LogP contribution in [0.1, 0.15) is 41.6 Å². The first-order chi connectivity index (χ1) is 10.0. The van der Waals surface area contributed by atoms with Gasteiger partial charge >= 0.3 is 0 Å². The van der Waals surface area contributed by atoms with Crippen LogP contribution in [0.3, 0.4) is 0 Å². The largest absolute Gasteiger partial charge is 0.306 e. The maximum Gasteiger partial charge on any atom is 0.0587 e. The Kier molecular flexibility index (Phi) is 6.03. The first-order valence-corrected chi connectivity index (χ1v) is 8.87. The lowest BCUT2D eigenvalue weighted by atomic mass is 9.95. The SMILES string of the molecule is CCCNC(c1ccc(C)c(C)c1)c1ccc(Br)cc1Br. The molecule has 2 rings (SSSR count). The molecule has 0 aliphatic carbocycles. The second-order valence-electron chi connectivity index (χ2n) is 5.40. The summed E-state index contributed by atoms with van der Waals surface area (Å²) in [4.78, 5) is 0. The number of nitrogens with one attached hydrogen (secondary N) is 1. The standard InChI is InChI=1S/C18H21Br2N/c1-4-9-21-18(14-6-5-12(2)13(3)10-14)16-8-7-15(19)11-17(16)20/h5-8,10-11,18,21H,4,9H2,1-3H3. The van der Waals surface area contributed by atoms with E-state index in [2.05, 4.69) is 94.3 Å². The molecule has 0 spiro atoms. The molecule has 1 unspecified atom stereocenters. The van der Waals surface area contributed by atoms with E-state index in [-0.39, 0.29) is 6.04 Å². The first-order valence-electron chi connectivity index (χ1n) is 7.28. The molecular formula is C18H21Br2N. The lowest BCUT2D eigenvalue weighted by molar-refractivity contribution is 0.596. The molecule has 0 fully saturated rings. The summed E-state index contributed by atoms with van der Waals surface area (Å²) in [5, 5.41) is 3.66. The number of hydrogen-bond donors (Lipinski definition) is 1. The molecule has 0 heterocycles. The molecule has 0 bridgehead atoms. The van der Waals surface area contributed by atoms with Crippen molar-refractivity contribution >= 4 is 31.9 Å². The van der Waals surface area contributed by atoms with Gasteiger partial charge in [-0.1, -0.05) is 63.0 Å². The van der Waals surface area contributed by atoms with Crippen molar-refractivity contribution in [1.29, 1.82) is 0 Å². The summed E-state index contributed by atoms with van der Waals surface area (Å²) in [6.07, 6.45) is 1.12. The van der Waals surface area contributed by atoms with E-state index in [1.54, 1.807) is 0 Å². The quantitative estimate of drug-likeness (QED) is 0.645. The molecule has 0 aliphatic heterocycles. The number of aryl methyl sites for hydroxylation is 2. The van der Waals surface area contributed by atoms with Crippen molar-refractivity contribution in [2.45, 2.75) is 33.2 Å². The Labute approximate surface area is 144 Å². The number of benzene rings is 2. The Morgan fingerprint density at radius 3 is 2.38 bits per heavy atom. The van der Waals surface area contributed by atoms with Gasteiger partial charge in [-0.05, 0) is 61.2 Å². The second-order valence-corrected chi connectivity index (χ2v) is 7.17. The van der Waals surface area contributed by atoms with Gasteiger partial charge in [0.1, 0.15) is 0 Å². The van der Waals surface area contributed by atoms with E-state index in [4.69, 9.17) is 0 Å². The molecule has 3 heteroatoms. The normalized spacial score (nSPS) is 12.4. The van der Waals surface area contributed by atoms with Gasteiger partial charge in [0.25, 0.3) is 0 Å². The van der Waals surface area contributed by atoms with Gasteiger partial charge in [-0.25, -0.2) is 0 Å². The van der Waals surface area contributed by atoms with Gasteiger partial charge in [-0.15, -0.1) is 0 Å². The molecule has 0 aromatic heterocycles. The Balaban J connectivity index is 2.44. The van der Waals surface area contributed by atoms with E-state index in [1.165, 1.54) is 22.3 Å². The molecule has 1 atom stereocenters. The summed E-state index contributed by atoms with van der Waals surface area (Å²) in [7, 11) is 0. The van der Waals surface area contributed by atoms with Crippen LogP contribution >= 0.6 is 31.9 Å². The molecule has 2 aromatic carbocycles. The fourth-order valence-electron chi connectivity index (χ4n) is 2.38. The second kappa shape index (κ2) is 7.57. The Morgan fingerprint density at radius 2 is 1.76 bits per heavy atom. The van der Waals surface area contributed by atoms with E-state index in [9.17, 15) is 0 Å². The van der Waals surface area contributed by atoms with Crippen molar-refractivity contribution in [3.63, 3.8) is 0 Å². The van der Waals surface area contributed by atoms with E-state index in [0.29, 0.717) is 0 Å². The van der Waals surface area contributed by atoms with Gasteiger partial charge in [-0.2, -0.15) is 0 Å². The molecule has 21 heavy (non-hydrogen) atoms. The highest BCUT2D eigenvalue weighted by atomic mass is 79.9. The van der Waals surface area contributed by atoms with E-state index < -0.39 is 0 Å². The van der Waals surface area contributed by atoms with Crippen LogP contribution in [0, 0.1) is 13.8 Å². The van der Waals surface area contributed by atoms with Crippen molar-refractivity contribution in [1.82, 2.24) is 5.32 Å². The molecule has 0 aliphatic rings. The zero-order chi connectivity index (χ0) is 15.4. The maximum absolute atomic E-state index is 3.70. The van der Waals surface area contributed by atoms with Crippen LogP contribution in [-0.4, -0.2) is 6.54 Å². The highest BCUT2D eigenvalue weighted by Gasteiger charge is 2.16. The topological polar surface area (TPSA) is 12.0 Å². The summed E-state index contributed by atoms with van der Waals surface area (Å²) in [5.41, 5.74) is 5.26. The third-order valence-electron chi connectivity index (χ3n) is 3.74. The van der Waals surface area contributed by atoms with E-state index >= 15 is 0 Å². The maximum atomic E-state index is 3.70. The van der Waals surface area contributed by atoms with Gasteiger partial charge in [0, 0.05) is 8.95 Å². The van der Waals surface area contributed by atoms with Crippen molar-refractivity contribution in [2.75, 3.05) is 6.54 Å². The molecule has 0 radical (unpaired) electrons. The van der Waals surface area contributed by atoms with Crippen LogP contribution in [0.15, 0.2) is 45.3 Å². The van der Waals surface area contributed by atoms with Gasteiger partial charge in [0.15, 0.2) is 0 Å². The molecular weight excluding hydrogens is 390 g/mol. The fraction of sp³-hybridized carbons (Fsp3) is 0.333.